The zero-order valence-electron chi connectivity index (χ0n) is 11.0. The lowest BCUT2D eigenvalue weighted by molar-refractivity contribution is 0.281. The van der Waals surface area contributed by atoms with Crippen LogP contribution in [0.25, 0.3) is 0 Å². The lowest BCUT2D eigenvalue weighted by Crippen LogP contribution is -1.92. The summed E-state index contributed by atoms with van der Waals surface area (Å²) >= 11 is 0. The molecule has 2 aromatic carbocycles. The molecule has 0 unspecified atom stereocenters. The summed E-state index contributed by atoms with van der Waals surface area (Å²) in [6.45, 7) is 6.15. The van der Waals surface area contributed by atoms with Crippen LogP contribution in [0.15, 0.2) is 36.4 Å². The Hall–Kier alpha value is -1.80. The summed E-state index contributed by atoms with van der Waals surface area (Å²) in [5.41, 5.74) is 4.29. The third kappa shape index (κ3) is 2.71. The van der Waals surface area contributed by atoms with Gasteiger partial charge in [0.05, 0.1) is 6.61 Å². The Morgan fingerprint density at radius 1 is 0.889 bits per heavy atom. The first kappa shape index (κ1) is 12.7. The van der Waals surface area contributed by atoms with E-state index in [1.54, 1.807) is 0 Å². The first-order chi connectivity index (χ1) is 8.60. The molecule has 94 valence electrons. The van der Waals surface area contributed by atoms with Crippen LogP contribution in [0, 0.1) is 20.8 Å². The molecule has 0 bridgehead atoms. The molecule has 0 aliphatic rings. The summed E-state index contributed by atoms with van der Waals surface area (Å²) in [5, 5.41) is 9.08. The summed E-state index contributed by atoms with van der Waals surface area (Å²) in [5.74, 6) is 1.71. The second-order valence-corrected chi connectivity index (χ2v) is 4.63. The van der Waals surface area contributed by atoms with E-state index in [2.05, 4.69) is 13.0 Å². The van der Waals surface area contributed by atoms with Crippen molar-refractivity contribution in [1.82, 2.24) is 0 Å². The van der Waals surface area contributed by atoms with Crippen molar-refractivity contribution in [2.24, 2.45) is 0 Å². The molecule has 0 spiro atoms. The Bertz CT molecular complexity index is 559. The highest BCUT2D eigenvalue weighted by molar-refractivity contribution is 5.43. The molecule has 0 amide bonds. The first-order valence-electron chi connectivity index (χ1n) is 6.05. The molecule has 2 aromatic rings. The van der Waals surface area contributed by atoms with E-state index >= 15 is 0 Å². The third-order valence-electron chi connectivity index (χ3n) is 2.97. The van der Waals surface area contributed by atoms with Gasteiger partial charge >= 0.3 is 0 Å². The fourth-order valence-corrected chi connectivity index (χ4v) is 1.96. The maximum Gasteiger partial charge on any atom is 0.130 e. The van der Waals surface area contributed by atoms with Gasteiger partial charge in [0.15, 0.2) is 0 Å². The van der Waals surface area contributed by atoms with Crippen LogP contribution in [0.5, 0.6) is 11.5 Å². The van der Waals surface area contributed by atoms with Gasteiger partial charge in [-0.3, -0.25) is 0 Å². The number of aliphatic hydroxyl groups is 1. The van der Waals surface area contributed by atoms with Crippen LogP contribution in [0.4, 0.5) is 0 Å². The van der Waals surface area contributed by atoms with Gasteiger partial charge in [-0.2, -0.15) is 0 Å². The van der Waals surface area contributed by atoms with Crippen molar-refractivity contribution in [3.8, 4) is 11.5 Å². The van der Waals surface area contributed by atoms with E-state index in [1.807, 2.05) is 44.2 Å². The molecule has 0 atom stereocenters. The highest BCUT2D eigenvalue weighted by atomic mass is 16.5. The van der Waals surface area contributed by atoms with Crippen molar-refractivity contribution < 1.29 is 9.84 Å². The van der Waals surface area contributed by atoms with Gasteiger partial charge in [-0.05, 0) is 49.6 Å². The van der Waals surface area contributed by atoms with E-state index in [0.717, 1.165) is 28.2 Å². The van der Waals surface area contributed by atoms with Crippen LogP contribution in [0.1, 0.15) is 22.3 Å². The van der Waals surface area contributed by atoms with Crippen LogP contribution in [-0.2, 0) is 6.61 Å². The third-order valence-corrected chi connectivity index (χ3v) is 2.97. The van der Waals surface area contributed by atoms with E-state index in [0.29, 0.717) is 0 Å². The number of rotatable bonds is 3. The van der Waals surface area contributed by atoms with Crippen LogP contribution in [-0.4, -0.2) is 5.11 Å². The van der Waals surface area contributed by atoms with Gasteiger partial charge in [0.1, 0.15) is 11.5 Å². The molecule has 0 fully saturated rings. The number of ether oxygens (including phenoxy) is 1. The van der Waals surface area contributed by atoms with E-state index in [9.17, 15) is 0 Å². The quantitative estimate of drug-likeness (QED) is 0.884. The maximum absolute atomic E-state index is 9.08. The molecule has 0 radical (unpaired) electrons. The summed E-state index contributed by atoms with van der Waals surface area (Å²) in [4.78, 5) is 0. The van der Waals surface area contributed by atoms with Crippen molar-refractivity contribution in [2.75, 3.05) is 0 Å². The SMILES string of the molecule is Cc1ccc(Oc2ccc(CO)cc2C)c(C)c1. The van der Waals surface area contributed by atoms with E-state index in [1.165, 1.54) is 5.56 Å². The smallest absolute Gasteiger partial charge is 0.130 e. The molecule has 0 heterocycles. The van der Waals surface area contributed by atoms with Gasteiger partial charge < -0.3 is 9.84 Å². The van der Waals surface area contributed by atoms with Gasteiger partial charge in [0.2, 0.25) is 0 Å². The largest absolute Gasteiger partial charge is 0.457 e. The monoisotopic (exact) mass is 242 g/mol. The van der Waals surface area contributed by atoms with E-state index < -0.39 is 0 Å². The Morgan fingerprint density at radius 2 is 1.50 bits per heavy atom. The first-order valence-corrected chi connectivity index (χ1v) is 6.05. The maximum atomic E-state index is 9.08. The highest BCUT2D eigenvalue weighted by Crippen LogP contribution is 2.28. The normalized spacial score (nSPS) is 10.4. The van der Waals surface area contributed by atoms with Crippen molar-refractivity contribution in [2.45, 2.75) is 27.4 Å². The number of hydrogen-bond acceptors (Lipinski definition) is 2. The Morgan fingerprint density at radius 3 is 2.06 bits per heavy atom. The average Bonchev–Trinajstić information content (AvgIpc) is 2.34. The predicted molar refractivity (Wildman–Crippen MR) is 73.1 cm³/mol. The average molecular weight is 242 g/mol. The second kappa shape index (κ2) is 5.23. The summed E-state index contributed by atoms with van der Waals surface area (Å²) in [6.07, 6.45) is 0. The molecule has 0 saturated heterocycles. The molecule has 18 heavy (non-hydrogen) atoms. The van der Waals surface area contributed by atoms with Crippen molar-refractivity contribution in [1.29, 1.82) is 0 Å². The number of hydrogen-bond donors (Lipinski definition) is 1. The highest BCUT2D eigenvalue weighted by Gasteiger charge is 2.05. The molecule has 2 heteroatoms. The van der Waals surface area contributed by atoms with Gasteiger partial charge in [-0.1, -0.05) is 29.8 Å². The molecule has 0 saturated carbocycles. The minimum absolute atomic E-state index is 0.0602. The van der Waals surface area contributed by atoms with Crippen LogP contribution in [0.2, 0.25) is 0 Å². The van der Waals surface area contributed by atoms with Crippen molar-refractivity contribution >= 4 is 0 Å². The summed E-state index contributed by atoms with van der Waals surface area (Å²) in [7, 11) is 0. The number of aryl methyl sites for hydroxylation is 3. The topological polar surface area (TPSA) is 29.5 Å². The fraction of sp³-hybridized carbons (Fsp3) is 0.250. The van der Waals surface area contributed by atoms with E-state index in [4.69, 9.17) is 9.84 Å². The minimum Gasteiger partial charge on any atom is -0.457 e. The minimum atomic E-state index is 0.0602. The molecular weight excluding hydrogens is 224 g/mol. The molecule has 0 aliphatic heterocycles. The van der Waals surface area contributed by atoms with Gasteiger partial charge in [-0.25, -0.2) is 0 Å². The standard InChI is InChI=1S/C16H18O2/c1-11-4-6-15(12(2)8-11)18-16-7-5-14(10-17)9-13(16)3/h4-9,17H,10H2,1-3H3. The molecule has 2 nitrogen and oxygen atoms in total. The molecular formula is C16H18O2. The van der Waals surface area contributed by atoms with Gasteiger partial charge in [0.25, 0.3) is 0 Å². The fourth-order valence-electron chi connectivity index (χ4n) is 1.96. The second-order valence-electron chi connectivity index (χ2n) is 4.63. The van der Waals surface area contributed by atoms with Crippen LogP contribution in [0.3, 0.4) is 0 Å². The Kier molecular flexibility index (Phi) is 3.68. The van der Waals surface area contributed by atoms with Gasteiger partial charge in [0, 0.05) is 0 Å². The molecule has 1 N–H and O–H groups in total. The number of aliphatic hydroxyl groups excluding tert-OH is 1. The lowest BCUT2D eigenvalue weighted by Gasteiger charge is -2.12. The Balaban J connectivity index is 2.28. The molecule has 0 aliphatic carbocycles. The lowest BCUT2D eigenvalue weighted by atomic mass is 10.1. The van der Waals surface area contributed by atoms with E-state index in [-0.39, 0.29) is 6.61 Å². The summed E-state index contributed by atoms with van der Waals surface area (Å²) < 4.78 is 5.91. The molecule has 0 aromatic heterocycles. The van der Waals surface area contributed by atoms with Crippen LogP contribution < -0.4 is 4.74 Å². The van der Waals surface area contributed by atoms with Crippen LogP contribution >= 0.6 is 0 Å². The predicted octanol–water partition coefficient (Wildman–Crippen LogP) is 3.90. The Labute approximate surface area is 108 Å². The van der Waals surface area contributed by atoms with Crippen molar-refractivity contribution in [3.05, 3.63) is 58.7 Å². The van der Waals surface area contributed by atoms with Crippen molar-refractivity contribution in [3.63, 3.8) is 0 Å². The number of benzene rings is 2. The zero-order valence-corrected chi connectivity index (χ0v) is 11.0. The summed E-state index contributed by atoms with van der Waals surface area (Å²) in [6, 6.07) is 11.9. The molecule has 2 rings (SSSR count). The van der Waals surface area contributed by atoms with Gasteiger partial charge in [-0.15, -0.1) is 0 Å². The zero-order chi connectivity index (χ0) is 13.1.